The topological polar surface area (TPSA) is 86.7 Å². The summed E-state index contributed by atoms with van der Waals surface area (Å²) in [6.07, 6.45) is 3.58. The number of rotatable bonds is 10. The maximum absolute atomic E-state index is 16.1. The summed E-state index contributed by atoms with van der Waals surface area (Å²) in [5.41, 5.74) is 0.276. The van der Waals surface area contributed by atoms with Crippen molar-refractivity contribution >= 4 is 21.8 Å². The summed E-state index contributed by atoms with van der Waals surface area (Å²) < 4.78 is 68.7. The molecule has 0 unspecified atom stereocenters. The first-order valence-corrected chi connectivity index (χ1v) is 14.9. The van der Waals surface area contributed by atoms with E-state index < -0.39 is 44.3 Å². The van der Waals surface area contributed by atoms with Crippen LogP contribution in [0.3, 0.4) is 0 Å². The average molecular weight is 583 g/mol. The first-order valence-electron chi connectivity index (χ1n) is 13.4. The summed E-state index contributed by atoms with van der Waals surface area (Å²) in [7, 11) is -5.53. The molecule has 1 saturated carbocycles. The molecule has 0 aliphatic heterocycles. The fourth-order valence-corrected chi connectivity index (χ4v) is 7.18. The molecule has 0 amide bonds. The van der Waals surface area contributed by atoms with Gasteiger partial charge in [0.1, 0.15) is 5.75 Å². The van der Waals surface area contributed by atoms with E-state index in [1.54, 1.807) is 36.4 Å². The van der Waals surface area contributed by atoms with E-state index in [4.69, 9.17) is 9.47 Å². The lowest BCUT2D eigenvalue weighted by molar-refractivity contribution is -0.155. The average Bonchev–Trinajstić information content (AvgIpc) is 2.98. The molecule has 0 spiro atoms. The number of benzene rings is 3. The smallest absolute Gasteiger partial charge is 0.380 e. The molecule has 6 nitrogen and oxygen atoms in total. The van der Waals surface area contributed by atoms with Gasteiger partial charge in [-0.3, -0.25) is 4.79 Å². The van der Waals surface area contributed by atoms with Gasteiger partial charge in [-0.25, -0.2) is 13.2 Å². The molecule has 4 rings (SSSR count). The van der Waals surface area contributed by atoms with Gasteiger partial charge in [0.2, 0.25) is 9.84 Å². The van der Waals surface area contributed by atoms with E-state index in [0.29, 0.717) is 12.8 Å². The van der Waals surface area contributed by atoms with E-state index in [1.807, 2.05) is 0 Å². The van der Waals surface area contributed by atoms with Gasteiger partial charge in [0.05, 0.1) is 5.92 Å². The van der Waals surface area contributed by atoms with Gasteiger partial charge < -0.3 is 9.47 Å². The number of hydrogen-bond acceptors (Lipinski definition) is 6. The Morgan fingerprint density at radius 3 is 1.80 bits per heavy atom. The van der Waals surface area contributed by atoms with Crippen molar-refractivity contribution in [1.82, 2.24) is 0 Å². The van der Waals surface area contributed by atoms with Crippen LogP contribution in [-0.4, -0.2) is 32.2 Å². The fourth-order valence-electron chi connectivity index (χ4n) is 5.18. The van der Waals surface area contributed by atoms with Crippen LogP contribution in [0.1, 0.15) is 55.7 Å². The molecule has 1 aliphatic rings. The van der Waals surface area contributed by atoms with Crippen LogP contribution in [0.15, 0.2) is 97.1 Å². The molecule has 0 aromatic heterocycles. The first-order chi connectivity index (χ1) is 19.5. The van der Waals surface area contributed by atoms with Gasteiger partial charge in [-0.2, -0.15) is 8.78 Å². The Balaban J connectivity index is 1.85. The Labute approximate surface area is 238 Å². The second-order valence-electron chi connectivity index (χ2n) is 10.2. The maximum atomic E-state index is 16.1. The Bertz CT molecular complexity index is 1440. The molecule has 0 atom stereocenters. The number of halogens is 2. The van der Waals surface area contributed by atoms with Crippen LogP contribution >= 0.6 is 0 Å². The Hall–Kier alpha value is -3.85. The molecule has 0 saturated heterocycles. The highest BCUT2D eigenvalue weighted by Gasteiger charge is 2.61. The van der Waals surface area contributed by atoms with Crippen molar-refractivity contribution in [2.45, 2.75) is 49.0 Å². The van der Waals surface area contributed by atoms with Gasteiger partial charge in [0.25, 0.3) is 0 Å². The van der Waals surface area contributed by atoms with Crippen LogP contribution in [0, 0.1) is 5.92 Å². The van der Waals surface area contributed by atoms with Crippen molar-refractivity contribution in [1.29, 1.82) is 0 Å². The van der Waals surface area contributed by atoms with Crippen LogP contribution in [0.2, 0.25) is 0 Å². The number of carbonyl (C=O) groups excluding carboxylic acids is 2. The van der Waals surface area contributed by atoms with Crippen LogP contribution in [0.25, 0.3) is 0 Å². The molecule has 3 aromatic rings. The summed E-state index contributed by atoms with van der Waals surface area (Å²) >= 11 is 0. The molecular weight excluding hydrogens is 550 g/mol. The van der Waals surface area contributed by atoms with Crippen molar-refractivity contribution in [2.75, 3.05) is 6.61 Å². The van der Waals surface area contributed by atoms with Gasteiger partial charge in [-0.05, 0) is 48.6 Å². The van der Waals surface area contributed by atoms with Gasteiger partial charge in [-0.1, -0.05) is 98.6 Å². The molecule has 0 N–H and O–H groups in total. The zero-order valence-corrected chi connectivity index (χ0v) is 23.5. The van der Waals surface area contributed by atoms with Gasteiger partial charge in [0.15, 0.2) is 11.4 Å². The Morgan fingerprint density at radius 2 is 1.32 bits per heavy atom. The summed E-state index contributed by atoms with van der Waals surface area (Å²) in [5.74, 6) is -1.94. The highest BCUT2D eigenvalue weighted by Crippen LogP contribution is 2.50. The van der Waals surface area contributed by atoms with Gasteiger partial charge in [-0.15, -0.1) is 0 Å². The maximum Gasteiger partial charge on any atom is 0.380 e. The van der Waals surface area contributed by atoms with Crippen LogP contribution < -0.4 is 4.74 Å². The first kappa shape index (κ1) is 30.1. The molecule has 9 heteroatoms. The predicted octanol–water partition coefficient (Wildman–Crippen LogP) is 6.59. The van der Waals surface area contributed by atoms with Crippen molar-refractivity contribution in [3.05, 3.63) is 114 Å². The molecule has 0 heterocycles. The van der Waals surface area contributed by atoms with Crippen molar-refractivity contribution in [2.24, 2.45) is 5.92 Å². The largest absolute Gasteiger partial charge is 0.458 e. The van der Waals surface area contributed by atoms with E-state index >= 15 is 8.78 Å². The summed E-state index contributed by atoms with van der Waals surface area (Å²) in [6.45, 7) is 3.40. The van der Waals surface area contributed by atoms with E-state index in [2.05, 4.69) is 6.58 Å². The SMILES string of the molecule is C=C(C)C(=O)Oc1ccc(C(c2ccccc2)(c2ccccc2)S(=O)(=O)C(F)(F)COC(=O)C2CCCCC2)cc1. The van der Waals surface area contributed by atoms with Crippen molar-refractivity contribution in [3.63, 3.8) is 0 Å². The van der Waals surface area contributed by atoms with E-state index in [-0.39, 0.29) is 28.0 Å². The summed E-state index contributed by atoms with van der Waals surface area (Å²) in [4.78, 5) is 24.6. The molecule has 1 aliphatic carbocycles. The lowest BCUT2D eigenvalue weighted by Crippen LogP contribution is -2.50. The number of esters is 2. The standard InChI is InChI=1S/C32H32F2O6S/c1-23(2)29(35)40-28-20-18-27(19-21-28)32(25-14-8-4-9-15-25,26-16-10-5-11-17-26)41(37,38)31(33,34)22-39-30(36)24-12-6-3-7-13-24/h4-5,8-11,14-21,24H,1,3,6-7,12-13,22H2,2H3. The zero-order chi connectivity index (χ0) is 29.7. The van der Waals surface area contributed by atoms with Gasteiger partial charge in [0, 0.05) is 5.57 Å². The minimum Gasteiger partial charge on any atom is -0.458 e. The number of hydrogen-bond donors (Lipinski definition) is 0. The fraction of sp³-hybridized carbons (Fsp3) is 0.312. The minimum absolute atomic E-state index is 0.0108. The molecule has 3 aromatic carbocycles. The second kappa shape index (κ2) is 12.3. The molecule has 41 heavy (non-hydrogen) atoms. The Kier molecular flexibility index (Phi) is 9.07. The van der Waals surface area contributed by atoms with Crippen molar-refractivity contribution < 1.29 is 36.3 Å². The van der Waals surface area contributed by atoms with Gasteiger partial charge >= 0.3 is 17.2 Å². The highest BCUT2D eigenvalue weighted by atomic mass is 32.2. The summed E-state index contributed by atoms with van der Waals surface area (Å²) in [6, 6.07) is 20.7. The lowest BCUT2D eigenvalue weighted by Gasteiger charge is -2.37. The third-order valence-corrected chi connectivity index (χ3v) is 9.72. The normalized spacial score (nSPS) is 14.7. The number of alkyl halides is 2. The second-order valence-corrected chi connectivity index (χ2v) is 12.4. The molecule has 216 valence electrons. The molecular formula is C32H32F2O6S. The minimum atomic E-state index is -5.53. The number of ether oxygens (including phenoxy) is 2. The molecule has 0 radical (unpaired) electrons. The third kappa shape index (κ3) is 5.95. The number of sulfone groups is 1. The monoisotopic (exact) mass is 582 g/mol. The Morgan fingerprint density at radius 1 is 0.829 bits per heavy atom. The van der Waals surface area contributed by atoms with E-state index in [0.717, 1.165) is 19.3 Å². The van der Waals surface area contributed by atoms with Crippen LogP contribution in [0.4, 0.5) is 8.78 Å². The lowest BCUT2D eigenvalue weighted by atomic mass is 9.84. The zero-order valence-electron chi connectivity index (χ0n) is 22.7. The molecule has 0 bridgehead atoms. The summed E-state index contributed by atoms with van der Waals surface area (Å²) in [5, 5.41) is -4.46. The van der Waals surface area contributed by atoms with Crippen LogP contribution in [-0.2, 0) is 28.9 Å². The van der Waals surface area contributed by atoms with Crippen LogP contribution in [0.5, 0.6) is 5.75 Å². The van der Waals surface area contributed by atoms with E-state index in [9.17, 15) is 18.0 Å². The predicted molar refractivity (Wildman–Crippen MR) is 151 cm³/mol. The van der Waals surface area contributed by atoms with E-state index in [1.165, 1.54) is 55.5 Å². The highest BCUT2D eigenvalue weighted by molar-refractivity contribution is 7.93. The molecule has 1 fully saturated rings. The third-order valence-electron chi connectivity index (χ3n) is 7.30. The van der Waals surface area contributed by atoms with Crippen molar-refractivity contribution in [3.8, 4) is 5.75 Å². The quantitative estimate of drug-likeness (QED) is 0.116. The number of carbonyl (C=O) groups is 2.